The molecule has 0 bridgehead atoms. The average Bonchev–Trinajstić information content (AvgIpc) is 3.35. The fourth-order valence-corrected chi connectivity index (χ4v) is 3.98. The van der Waals surface area contributed by atoms with Crippen molar-refractivity contribution in [1.82, 2.24) is 19.7 Å². The Balaban J connectivity index is 1.72. The Morgan fingerprint density at radius 1 is 0.889 bits per heavy atom. The van der Waals surface area contributed by atoms with Crippen LogP contribution in [0.3, 0.4) is 0 Å². The third-order valence-corrected chi connectivity index (χ3v) is 5.47. The second-order valence-electron chi connectivity index (χ2n) is 6.41. The summed E-state index contributed by atoms with van der Waals surface area (Å²) in [5.74, 6) is 1.47. The molecule has 0 unspecified atom stereocenters. The van der Waals surface area contributed by atoms with E-state index in [1.165, 1.54) is 16.3 Å². The maximum Gasteiger partial charge on any atom is 0.200 e. The van der Waals surface area contributed by atoms with Crippen molar-refractivity contribution in [3.05, 3.63) is 83.9 Å². The van der Waals surface area contributed by atoms with Crippen LogP contribution in [0.15, 0.2) is 78.3 Å². The summed E-state index contributed by atoms with van der Waals surface area (Å²) in [7, 11) is 0. The second kappa shape index (κ2) is 6.45. The quantitative estimate of drug-likeness (QED) is 0.421. The smallest absolute Gasteiger partial charge is 0.200 e. The molecule has 0 aliphatic carbocycles. The van der Waals surface area contributed by atoms with E-state index in [1.54, 1.807) is 17.5 Å². The highest BCUT2D eigenvalue weighted by Gasteiger charge is 2.17. The number of aromatic nitrogens is 4. The highest BCUT2D eigenvalue weighted by atomic mass is 32.1. The Morgan fingerprint density at radius 3 is 2.52 bits per heavy atom. The molecular formula is C22H16N4S. The van der Waals surface area contributed by atoms with Gasteiger partial charge in [0.2, 0.25) is 5.82 Å². The molecule has 0 radical (unpaired) electrons. The first-order valence-electron chi connectivity index (χ1n) is 8.71. The minimum Gasteiger partial charge on any atom is -0.253 e. The largest absolute Gasteiger partial charge is 0.253 e. The van der Waals surface area contributed by atoms with Gasteiger partial charge in [-0.25, -0.2) is 9.67 Å². The zero-order valence-corrected chi connectivity index (χ0v) is 15.5. The lowest BCUT2D eigenvalue weighted by molar-refractivity contribution is 0.892. The molecule has 0 N–H and O–H groups in total. The Labute approximate surface area is 160 Å². The van der Waals surface area contributed by atoms with Crippen LogP contribution in [-0.4, -0.2) is 19.7 Å². The van der Waals surface area contributed by atoms with Gasteiger partial charge in [0, 0.05) is 6.20 Å². The van der Waals surface area contributed by atoms with E-state index in [-0.39, 0.29) is 0 Å². The van der Waals surface area contributed by atoms with Gasteiger partial charge in [0.05, 0.1) is 10.6 Å². The molecule has 0 amide bonds. The Kier molecular flexibility index (Phi) is 3.80. The second-order valence-corrected chi connectivity index (χ2v) is 7.32. The maximum atomic E-state index is 4.82. The summed E-state index contributed by atoms with van der Waals surface area (Å²) in [6, 6.07) is 22.6. The van der Waals surface area contributed by atoms with E-state index in [1.807, 2.05) is 22.9 Å². The van der Waals surface area contributed by atoms with Gasteiger partial charge in [-0.15, -0.1) is 16.4 Å². The monoisotopic (exact) mass is 368 g/mol. The van der Waals surface area contributed by atoms with Gasteiger partial charge in [0.1, 0.15) is 5.69 Å². The van der Waals surface area contributed by atoms with Crippen molar-refractivity contribution in [3.8, 4) is 27.9 Å². The fraction of sp³-hybridized carbons (Fsp3) is 0.0455. The van der Waals surface area contributed by atoms with Gasteiger partial charge >= 0.3 is 0 Å². The normalized spacial score (nSPS) is 11.1. The molecule has 130 valence electrons. The number of hydrogen-bond acceptors (Lipinski definition) is 4. The van der Waals surface area contributed by atoms with Crippen molar-refractivity contribution in [2.75, 3.05) is 0 Å². The van der Waals surface area contributed by atoms with Crippen molar-refractivity contribution in [3.63, 3.8) is 0 Å². The van der Waals surface area contributed by atoms with Crippen molar-refractivity contribution >= 4 is 22.1 Å². The van der Waals surface area contributed by atoms with Crippen LogP contribution in [0.1, 0.15) is 5.56 Å². The third-order valence-electron chi connectivity index (χ3n) is 4.43. The number of hydrogen-bond donors (Lipinski definition) is 0. The average molecular weight is 368 g/mol. The van der Waals surface area contributed by atoms with Crippen molar-refractivity contribution in [2.45, 2.75) is 6.92 Å². The summed E-state index contributed by atoms with van der Waals surface area (Å²) in [6.45, 7) is 2.09. The fourth-order valence-electron chi connectivity index (χ4n) is 3.11. The molecule has 3 aromatic heterocycles. The topological polar surface area (TPSA) is 43.6 Å². The van der Waals surface area contributed by atoms with Crippen LogP contribution in [0.4, 0.5) is 0 Å². The van der Waals surface area contributed by atoms with E-state index < -0.39 is 0 Å². The summed E-state index contributed by atoms with van der Waals surface area (Å²) in [5.41, 5.74) is 2.98. The lowest BCUT2D eigenvalue weighted by atomic mass is 10.1. The number of thiophene rings is 1. The minimum absolute atomic E-state index is 0.629. The van der Waals surface area contributed by atoms with E-state index in [0.717, 1.165) is 22.1 Å². The van der Waals surface area contributed by atoms with E-state index in [9.17, 15) is 0 Å². The van der Waals surface area contributed by atoms with Gasteiger partial charge < -0.3 is 0 Å². The molecule has 5 aromatic rings. The van der Waals surface area contributed by atoms with Gasteiger partial charge in [-0.3, -0.25) is 4.98 Å². The van der Waals surface area contributed by atoms with Crippen LogP contribution in [0.25, 0.3) is 38.7 Å². The molecule has 3 heterocycles. The van der Waals surface area contributed by atoms with Crippen LogP contribution in [0.5, 0.6) is 0 Å². The van der Waals surface area contributed by atoms with E-state index in [4.69, 9.17) is 10.1 Å². The van der Waals surface area contributed by atoms with Crippen LogP contribution < -0.4 is 0 Å². The van der Waals surface area contributed by atoms with Crippen LogP contribution >= 0.6 is 11.3 Å². The van der Waals surface area contributed by atoms with Crippen LogP contribution in [-0.2, 0) is 0 Å². The highest BCUT2D eigenvalue weighted by molar-refractivity contribution is 7.13. The number of fused-ring (bicyclic) bond motifs is 1. The van der Waals surface area contributed by atoms with Gasteiger partial charge in [-0.2, -0.15) is 0 Å². The number of pyridine rings is 1. The summed E-state index contributed by atoms with van der Waals surface area (Å²) < 4.78 is 1.92. The summed E-state index contributed by atoms with van der Waals surface area (Å²) in [5, 5.41) is 9.31. The number of aryl methyl sites for hydroxylation is 1. The lowest BCUT2D eigenvalue weighted by Gasteiger charge is -2.06. The molecule has 0 spiro atoms. The summed E-state index contributed by atoms with van der Waals surface area (Å²) in [4.78, 5) is 10.3. The van der Waals surface area contributed by atoms with Gasteiger partial charge in [0.25, 0.3) is 0 Å². The van der Waals surface area contributed by atoms with Crippen LogP contribution in [0, 0.1) is 6.92 Å². The van der Waals surface area contributed by atoms with Gasteiger partial charge in [0.15, 0.2) is 5.82 Å². The molecule has 0 saturated heterocycles. The lowest BCUT2D eigenvalue weighted by Crippen LogP contribution is -1.99. The molecule has 0 aliphatic rings. The number of rotatable bonds is 3. The predicted octanol–water partition coefficient (Wildman–Crippen LogP) is 5.52. The molecule has 2 aromatic carbocycles. The standard InChI is InChI=1S/C22H16N4S/c1-15-12-20(27-14-15)22-24-21(19-8-4-5-11-23-19)25-26(22)18-10-9-16-6-2-3-7-17(16)13-18/h2-14H,1H3. The first-order valence-corrected chi connectivity index (χ1v) is 9.59. The maximum absolute atomic E-state index is 4.82. The predicted molar refractivity (Wildman–Crippen MR) is 110 cm³/mol. The van der Waals surface area contributed by atoms with Gasteiger partial charge in [-0.05, 0) is 59.0 Å². The van der Waals surface area contributed by atoms with Gasteiger partial charge in [-0.1, -0.05) is 36.4 Å². The first kappa shape index (κ1) is 15.9. The Bertz CT molecular complexity index is 1240. The SMILES string of the molecule is Cc1csc(-c2nc(-c3ccccn3)nn2-c2ccc3ccccc3c2)c1. The Morgan fingerprint density at radius 2 is 1.74 bits per heavy atom. The van der Waals surface area contributed by atoms with E-state index in [0.29, 0.717) is 5.82 Å². The van der Waals surface area contributed by atoms with Crippen molar-refractivity contribution < 1.29 is 0 Å². The molecule has 0 saturated carbocycles. The summed E-state index contributed by atoms with van der Waals surface area (Å²) in [6.07, 6.45) is 1.76. The van der Waals surface area contributed by atoms with Crippen molar-refractivity contribution in [1.29, 1.82) is 0 Å². The molecule has 5 heteroatoms. The number of nitrogens with zero attached hydrogens (tertiary/aromatic N) is 4. The summed E-state index contributed by atoms with van der Waals surface area (Å²) >= 11 is 1.68. The zero-order valence-electron chi connectivity index (χ0n) is 14.7. The molecule has 4 nitrogen and oxygen atoms in total. The molecule has 0 fully saturated rings. The van der Waals surface area contributed by atoms with Crippen LogP contribution in [0.2, 0.25) is 0 Å². The minimum atomic E-state index is 0.629. The molecule has 5 rings (SSSR count). The molecule has 27 heavy (non-hydrogen) atoms. The highest BCUT2D eigenvalue weighted by Crippen LogP contribution is 2.30. The molecular weight excluding hydrogens is 352 g/mol. The number of benzene rings is 2. The first-order chi connectivity index (χ1) is 13.3. The zero-order chi connectivity index (χ0) is 18.2. The third kappa shape index (κ3) is 2.92. The molecule has 0 atom stereocenters. The molecule has 0 aliphatic heterocycles. The Hall–Kier alpha value is -3.31. The van der Waals surface area contributed by atoms with E-state index >= 15 is 0 Å². The van der Waals surface area contributed by atoms with Crippen molar-refractivity contribution in [2.24, 2.45) is 0 Å². The van der Waals surface area contributed by atoms with E-state index in [2.05, 4.69) is 65.8 Å².